The summed E-state index contributed by atoms with van der Waals surface area (Å²) in [5, 5.41) is 58.5. The van der Waals surface area contributed by atoms with E-state index < -0.39 is 68.0 Å². The van der Waals surface area contributed by atoms with Gasteiger partial charge < -0.3 is 49.6 Å². The molecule has 2 aliphatic heterocycles. The van der Waals surface area contributed by atoms with E-state index in [4.69, 9.17) is 24.1 Å². The number of ether oxygens (including phenoxy) is 4. The number of methoxy groups -OCH3 is 1. The third-order valence-electron chi connectivity index (χ3n) is 4.16. The normalized spacial score (nSPS) is 51.7. The first-order valence-corrected chi connectivity index (χ1v) is 7.32. The predicted octanol–water partition coefficient (Wildman–Crippen LogP) is -3.72. The van der Waals surface area contributed by atoms with E-state index in [1.165, 1.54) is 14.0 Å². The Morgan fingerprint density at radius 2 is 1.48 bits per heavy atom. The maximum Gasteiger partial charge on any atom is 0.187 e. The molecule has 0 unspecified atom stereocenters. The van der Waals surface area contributed by atoms with E-state index in [2.05, 4.69) is 0 Å². The monoisotopic (exact) mass is 340 g/mol. The molecule has 0 aromatic carbocycles. The van der Waals surface area contributed by atoms with Crippen LogP contribution in [-0.4, -0.2) is 106 Å². The summed E-state index contributed by atoms with van der Waals surface area (Å²) in [6.45, 7) is 0.948. The molecule has 2 saturated heterocycles. The molecule has 10 nitrogen and oxygen atoms in total. The molecule has 23 heavy (non-hydrogen) atoms. The van der Waals surface area contributed by atoms with Gasteiger partial charge in [0.1, 0.15) is 42.7 Å². The maximum absolute atomic E-state index is 10.1. The molecule has 2 aliphatic rings. The average molecular weight is 340 g/mol. The van der Waals surface area contributed by atoms with Crippen LogP contribution < -0.4 is 0 Å². The van der Waals surface area contributed by atoms with Crippen molar-refractivity contribution in [3.63, 3.8) is 0 Å². The third-order valence-corrected chi connectivity index (χ3v) is 4.16. The van der Waals surface area contributed by atoms with Crippen molar-refractivity contribution in [2.24, 2.45) is 0 Å². The van der Waals surface area contributed by atoms with Crippen LogP contribution in [0.5, 0.6) is 0 Å². The van der Waals surface area contributed by atoms with Crippen molar-refractivity contribution in [1.29, 1.82) is 0 Å². The van der Waals surface area contributed by atoms with Crippen LogP contribution in [0.3, 0.4) is 0 Å². The molecule has 0 bridgehead atoms. The van der Waals surface area contributed by atoms with Gasteiger partial charge in [0.05, 0.1) is 12.7 Å². The minimum absolute atomic E-state index is 0.532. The Labute approximate surface area is 132 Å². The Bertz CT molecular complexity index is 380. The summed E-state index contributed by atoms with van der Waals surface area (Å²) in [6, 6.07) is 0. The highest BCUT2D eigenvalue weighted by Crippen LogP contribution is 2.29. The highest BCUT2D eigenvalue weighted by atomic mass is 16.8. The second kappa shape index (κ2) is 7.66. The summed E-state index contributed by atoms with van der Waals surface area (Å²) in [5.41, 5.74) is 0. The lowest BCUT2D eigenvalue weighted by Crippen LogP contribution is -2.64. The van der Waals surface area contributed by atoms with Gasteiger partial charge in [-0.05, 0) is 6.92 Å². The van der Waals surface area contributed by atoms with Crippen LogP contribution in [0.4, 0.5) is 0 Å². The first-order chi connectivity index (χ1) is 10.8. The van der Waals surface area contributed by atoms with Crippen molar-refractivity contribution in [2.75, 3.05) is 13.7 Å². The van der Waals surface area contributed by atoms with Gasteiger partial charge >= 0.3 is 0 Å². The molecule has 6 N–H and O–H groups in total. The van der Waals surface area contributed by atoms with Gasteiger partial charge in [-0.1, -0.05) is 0 Å². The van der Waals surface area contributed by atoms with Crippen LogP contribution in [-0.2, 0) is 18.9 Å². The largest absolute Gasteiger partial charge is 0.394 e. The number of hydrogen-bond donors (Lipinski definition) is 6. The van der Waals surface area contributed by atoms with Crippen molar-refractivity contribution < 1.29 is 49.6 Å². The molecule has 0 spiro atoms. The Morgan fingerprint density at radius 1 is 0.826 bits per heavy atom. The Hall–Kier alpha value is -0.400. The van der Waals surface area contributed by atoms with Crippen molar-refractivity contribution in [3.8, 4) is 0 Å². The molecule has 0 aromatic heterocycles. The molecule has 2 fully saturated rings. The molecule has 10 heteroatoms. The highest BCUT2D eigenvalue weighted by molar-refractivity contribution is 4.92. The molecule has 0 radical (unpaired) electrons. The lowest BCUT2D eigenvalue weighted by molar-refractivity contribution is -0.361. The average Bonchev–Trinajstić information content (AvgIpc) is 2.54. The minimum atomic E-state index is -1.57. The van der Waals surface area contributed by atoms with Gasteiger partial charge in [0.25, 0.3) is 0 Å². The molecule has 0 amide bonds. The van der Waals surface area contributed by atoms with Crippen LogP contribution in [0.15, 0.2) is 0 Å². The zero-order chi connectivity index (χ0) is 17.3. The lowest BCUT2D eigenvalue weighted by atomic mass is 9.97. The van der Waals surface area contributed by atoms with Gasteiger partial charge in [0.2, 0.25) is 0 Å². The summed E-state index contributed by atoms with van der Waals surface area (Å²) >= 11 is 0. The summed E-state index contributed by atoms with van der Waals surface area (Å²) in [5.74, 6) is 0. The van der Waals surface area contributed by atoms with E-state index in [-0.39, 0.29) is 0 Å². The van der Waals surface area contributed by atoms with E-state index >= 15 is 0 Å². The van der Waals surface area contributed by atoms with Crippen LogP contribution in [0.25, 0.3) is 0 Å². The second-order valence-corrected chi connectivity index (χ2v) is 5.72. The SMILES string of the molecule is CO[C@H]1O[C@H](CO)[C@H](O)[C@H](O)[C@H]1O[C@@H]1O[C@@H](C)[C@@H](O)[C@@H](O)[C@@H]1O. The summed E-state index contributed by atoms with van der Waals surface area (Å²) in [4.78, 5) is 0. The van der Waals surface area contributed by atoms with Gasteiger partial charge in [-0.2, -0.15) is 0 Å². The molecule has 10 atom stereocenters. The maximum atomic E-state index is 10.1. The van der Waals surface area contributed by atoms with E-state index in [1.807, 2.05) is 0 Å². The number of rotatable bonds is 4. The highest BCUT2D eigenvalue weighted by Gasteiger charge is 2.49. The fraction of sp³-hybridized carbons (Fsp3) is 1.00. The lowest BCUT2D eigenvalue weighted by Gasteiger charge is -2.45. The van der Waals surface area contributed by atoms with Gasteiger partial charge in [0, 0.05) is 7.11 Å². The Kier molecular flexibility index (Phi) is 6.30. The standard InChI is InChI=1S/C13H24O10/c1-4-6(15)8(17)10(19)12(21-4)23-11-9(18)7(16)5(3-14)22-13(11)20-2/h4-19H,3H2,1-2H3/t4-,5+,6+,7-,8+,9-,10-,11+,12-,13-/m0/s1. The first kappa shape index (κ1) is 18.9. The van der Waals surface area contributed by atoms with Crippen LogP contribution in [0.1, 0.15) is 6.92 Å². The predicted molar refractivity (Wildman–Crippen MR) is 72.0 cm³/mol. The number of aliphatic hydroxyl groups excluding tert-OH is 6. The summed E-state index contributed by atoms with van der Waals surface area (Å²) < 4.78 is 21.0. The van der Waals surface area contributed by atoms with Crippen molar-refractivity contribution in [2.45, 2.75) is 68.3 Å². The Balaban J connectivity index is 2.10. The van der Waals surface area contributed by atoms with Gasteiger partial charge in [-0.25, -0.2) is 0 Å². The van der Waals surface area contributed by atoms with Crippen molar-refractivity contribution in [3.05, 3.63) is 0 Å². The van der Waals surface area contributed by atoms with Crippen molar-refractivity contribution in [1.82, 2.24) is 0 Å². The summed E-state index contributed by atoms with van der Waals surface area (Å²) in [7, 11) is 1.28. The molecular formula is C13H24O10. The fourth-order valence-electron chi connectivity index (χ4n) is 2.67. The quantitative estimate of drug-likeness (QED) is 0.300. The minimum Gasteiger partial charge on any atom is -0.394 e. The zero-order valence-electron chi connectivity index (χ0n) is 12.8. The van der Waals surface area contributed by atoms with E-state index in [0.29, 0.717) is 0 Å². The molecule has 2 heterocycles. The van der Waals surface area contributed by atoms with Crippen LogP contribution in [0, 0.1) is 0 Å². The molecule has 2 rings (SSSR count). The molecule has 0 aliphatic carbocycles. The molecular weight excluding hydrogens is 316 g/mol. The topological polar surface area (TPSA) is 158 Å². The summed E-state index contributed by atoms with van der Waals surface area (Å²) in [6.07, 6.45) is -12.9. The van der Waals surface area contributed by atoms with Crippen molar-refractivity contribution >= 4 is 0 Å². The van der Waals surface area contributed by atoms with Gasteiger partial charge in [-0.3, -0.25) is 0 Å². The van der Waals surface area contributed by atoms with Gasteiger partial charge in [-0.15, -0.1) is 0 Å². The number of hydrogen-bond acceptors (Lipinski definition) is 10. The van der Waals surface area contributed by atoms with E-state index in [0.717, 1.165) is 0 Å². The third kappa shape index (κ3) is 3.66. The second-order valence-electron chi connectivity index (χ2n) is 5.72. The van der Waals surface area contributed by atoms with Gasteiger partial charge in [0.15, 0.2) is 12.6 Å². The van der Waals surface area contributed by atoms with E-state index in [9.17, 15) is 25.5 Å². The van der Waals surface area contributed by atoms with Crippen LogP contribution in [0.2, 0.25) is 0 Å². The Morgan fingerprint density at radius 3 is 2.04 bits per heavy atom. The smallest absolute Gasteiger partial charge is 0.187 e. The molecule has 0 aromatic rings. The molecule has 0 saturated carbocycles. The number of aliphatic hydroxyl groups is 6. The first-order valence-electron chi connectivity index (χ1n) is 7.32. The fourth-order valence-corrected chi connectivity index (χ4v) is 2.67. The van der Waals surface area contributed by atoms with Crippen LogP contribution >= 0.6 is 0 Å². The zero-order valence-corrected chi connectivity index (χ0v) is 12.8. The molecule has 136 valence electrons. The van der Waals surface area contributed by atoms with E-state index in [1.54, 1.807) is 0 Å².